The van der Waals surface area contributed by atoms with E-state index in [2.05, 4.69) is 0 Å². The molecule has 8 heavy (non-hydrogen) atoms. The molecule has 0 aromatic rings. The first kappa shape index (κ1) is 10.8. The van der Waals surface area contributed by atoms with Gasteiger partial charge in [0.15, 0.2) is 5.78 Å². The Kier molecular flexibility index (Phi) is 6.76. The maximum absolute atomic E-state index is 9.98. The number of hydrogen-bond acceptors (Lipinski definition) is 2. The van der Waals surface area contributed by atoms with Gasteiger partial charge < -0.3 is 5.11 Å². The molecule has 0 amide bonds. The number of rotatable bonds is 1. The summed E-state index contributed by atoms with van der Waals surface area (Å²) in [6.07, 6.45) is 1.06. The summed E-state index contributed by atoms with van der Waals surface area (Å²) in [7, 11) is 0. The Morgan fingerprint density at radius 1 is 1.50 bits per heavy atom. The van der Waals surface area contributed by atoms with Crippen LogP contribution < -0.4 is 5.11 Å². The minimum Gasteiger partial charge on any atom is -0.876 e. The molecule has 0 heterocycles. The molecule has 2 nitrogen and oxygen atoms in total. The molecule has 3 heteroatoms. The summed E-state index contributed by atoms with van der Waals surface area (Å²) in [5.74, 6) is -0.375. The predicted molar refractivity (Wildman–Crippen MR) is 24.4 cm³/mol. The third kappa shape index (κ3) is 9.30. The third-order valence-corrected chi connectivity index (χ3v) is 0.407. The summed E-state index contributed by atoms with van der Waals surface area (Å²) in [6.45, 7) is 2.70. The van der Waals surface area contributed by atoms with Crippen LogP contribution in [-0.2, 0) is 25.2 Å². The summed E-state index contributed by atoms with van der Waals surface area (Å²) in [5, 5.41) is 9.98. The molecular weight excluding hydrogens is 198 g/mol. The number of allylic oxidation sites excluding steroid dienone is 2. The number of carbonyl (C=O) groups is 1. The van der Waals surface area contributed by atoms with Crippen molar-refractivity contribution in [3.8, 4) is 0 Å². The second kappa shape index (κ2) is 5.02. The molecule has 0 aromatic carbocycles. The van der Waals surface area contributed by atoms with E-state index in [-0.39, 0.29) is 32.0 Å². The fraction of sp³-hybridized carbons (Fsp3) is 0.400. The van der Waals surface area contributed by atoms with Crippen molar-refractivity contribution in [3.05, 3.63) is 11.8 Å². The summed E-state index contributed by atoms with van der Waals surface area (Å²) in [4.78, 5) is 9.98. The Morgan fingerprint density at radius 2 is 1.88 bits per heavy atom. The number of carbonyl (C=O) groups excluding carboxylic acids is 1. The average molecular weight is 206 g/mol. The van der Waals surface area contributed by atoms with Gasteiger partial charge in [0, 0.05) is 20.4 Å². The van der Waals surface area contributed by atoms with Crippen molar-refractivity contribution < 1.29 is 30.3 Å². The van der Waals surface area contributed by atoms with Gasteiger partial charge in [-0.1, -0.05) is 6.92 Å². The van der Waals surface area contributed by atoms with Crippen molar-refractivity contribution in [1.29, 1.82) is 0 Å². The third-order valence-electron chi connectivity index (χ3n) is 0.407. The van der Waals surface area contributed by atoms with Crippen LogP contribution in [0.25, 0.3) is 0 Å². The molecule has 0 unspecified atom stereocenters. The molecule has 0 atom stereocenters. The fourth-order valence-corrected chi connectivity index (χ4v) is 0.286. The van der Waals surface area contributed by atoms with Crippen LogP contribution >= 0.6 is 0 Å². The van der Waals surface area contributed by atoms with E-state index in [1.54, 1.807) is 0 Å². The van der Waals surface area contributed by atoms with E-state index in [0.717, 1.165) is 6.08 Å². The quantitative estimate of drug-likeness (QED) is 0.339. The molecule has 0 rings (SSSR count). The van der Waals surface area contributed by atoms with Gasteiger partial charge in [-0.05, 0) is 13.0 Å². The van der Waals surface area contributed by atoms with Crippen LogP contribution in [0.1, 0.15) is 13.8 Å². The van der Waals surface area contributed by atoms with Gasteiger partial charge in [0.05, 0.1) is 0 Å². The Balaban J connectivity index is 0. The van der Waals surface area contributed by atoms with Crippen molar-refractivity contribution in [2.75, 3.05) is 0 Å². The monoisotopic (exact) mass is 205 g/mol. The van der Waals surface area contributed by atoms with Gasteiger partial charge in [0.2, 0.25) is 0 Å². The van der Waals surface area contributed by atoms with E-state index >= 15 is 0 Å². The van der Waals surface area contributed by atoms with Crippen molar-refractivity contribution >= 4 is 5.78 Å². The molecule has 0 radical (unpaired) electrons. The Hall–Kier alpha value is -0.128. The van der Waals surface area contributed by atoms with E-state index in [1.165, 1.54) is 13.8 Å². The summed E-state index contributed by atoms with van der Waals surface area (Å²) in [6, 6.07) is 0. The van der Waals surface area contributed by atoms with E-state index in [0.29, 0.717) is 0 Å². The van der Waals surface area contributed by atoms with Crippen LogP contribution in [0.5, 0.6) is 0 Å². The molecule has 0 saturated heterocycles. The van der Waals surface area contributed by atoms with Crippen molar-refractivity contribution in [1.82, 2.24) is 0 Å². The largest absolute Gasteiger partial charge is 0.876 e. The molecule has 0 aliphatic carbocycles. The number of hydrogen-bond donors (Lipinski definition) is 0. The van der Waals surface area contributed by atoms with E-state index in [1.807, 2.05) is 0 Å². The standard InChI is InChI=1S/C5H8O2.Pd/c1-4(6)3-5(2)7;/h3,6H,1-2H3;/p-1/b4-3-;. The molecule has 0 spiro atoms. The van der Waals surface area contributed by atoms with Gasteiger partial charge in [-0.15, -0.1) is 5.76 Å². The summed E-state index contributed by atoms with van der Waals surface area (Å²) < 4.78 is 0. The number of ketones is 1. The van der Waals surface area contributed by atoms with Gasteiger partial charge in [-0.3, -0.25) is 4.79 Å². The van der Waals surface area contributed by atoms with E-state index in [4.69, 9.17) is 0 Å². The van der Waals surface area contributed by atoms with Gasteiger partial charge >= 0.3 is 0 Å². The normalized spacial score (nSPS) is 10.0. The first-order valence-electron chi connectivity index (χ1n) is 1.99. The Bertz CT molecular complexity index is 103. The predicted octanol–water partition coefficient (Wildman–Crippen LogP) is -0.163. The Labute approximate surface area is 62.2 Å². The van der Waals surface area contributed by atoms with Crippen molar-refractivity contribution in [3.63, 3.8) is 0 Å². The second-order valence-electron chi connectivity index (χ2n) is 1.37. The van der Waals surface area contributed by atoms with Crippen LogP contribution in [0.3, 0.4) is 0 Å². The molecule has 0 aliphatic rings. The molecule has 0 bridgehead atoms. The first-order chi connectivity index (χ1) is 3.13. The first-order valence-corrected chi connectivity index (χ1v) is 1.99. The molecule has 50 valence electrons. The topological polar surface area (TPSA) is 40.1 Å². The SMILES string of the molecule is CC(=O)/C=C(/C)[O-].[Pd]. The van der Waals surface area contributed by atoms with Crippen LogP contribution in [0.4, 0.5) is 0 Å². The zero-order valence-corrected chi connectivity index (χ0v) is 6.26. The van der Waals surface area contributed by atoms with Crippen LogP contribution in [0.15, 0.2) is 11.8 Å². The molecule has 0 aromatic heterocycles. The average Bonchev–Trinajstić information content (AvgIpc) is 1.27. The minimum atomic E-state index is -0.187. The molecular formula is C5H7O2Pd-. The summed E-state index contributed by atoms with van der Waals surface area (Å²) in [5.41, 5.74) is 0. The zero-order valence-electron chi connectivity index (χ0n) is 4.71. The van der Waals surface area contributed by atoms with Crippen molar-refractivity contribution in [2.45, 2.75) is 13.8 Å². The molecule has 0 aliphatic heterocycles. The van der Waals surface area contributed by atoms with Crippen LogP contribution in [0, 0.1) is 0 Å². The fourth-order valence-electron chi connectivity index (χ4n) is 0.286. The van der Waals surface area contributed by atoms with E-state index < -0.39 is 0 Å². The van der Waals surface area contributed by atoms with E-state index in [9.17, 15) is 9.90 Å². The van der Waals surface area contributed by atoms with Gasteiger partial charge in [0.1, 0.15) is 0 Å². The van der Waals surface area contributed by atoms with Crippen LogP contribution in [0.2, 0.25) is 0 Å². The maximum atomic E-state index is 9.98. The molecule has 0 fully saturated rings. The maximum Gasteiger partial charge on any atom is 0.151 e. The smallest absolute Gasteiger partial charge is 0.151 e. The Morgan fingerprint density at radius 3 is 1.88 bits per heavy atom. The van der Waals surface area contributed by atoms with Crippen molar-refractivity contribution in [2.24, 2.45) is 0 Å². The van der Waals surface area contributed by atoms with Gasteiger partial charge in [-0.2, -0.15) is 0 Å². The molecule has 0 saturated carbocycles. The zero-order chi connectivity index (χ0) is 5.86. The molecule has 0 N–H and O–H groups in total. The summed E-state index contributed by atoms with van der Waals surface area (Å²) >= 11 is 0. The van der Waals surface area contributed by atoms with Gasteiger partial charge in [0.25, 0.3) is 0 Å². The van der Waals surface area contributed by atoms with Crippen LogP contribution in [-0.4, -0.2) is 5.78 Å². The second-order valence-corrected chi connectivity index (χ2v) is 1.37. The minimum absolute atomic E-state index is 0. The van der Waals surface area contributed by atoms with Gasteiger partial charge in [-0.25, -0.2) is 0 Å².